The largest absolute Gasteiger partial charge is 0.317 e. The fourth-order valence-corrected chi connectivity index (χ4v) is 1.06. The van der Waals surface area contributed by atoms with Crippen LogP contribution in [0.2, 0.25) is 0 Å². The maximum absolute atomic E-state index is 3.24. The number of nitrogens with one attached hydrogen (secondary N) is 3. The summed E-state index contributed by atoms with van der Waals surface area (Å²) in [5, 5.41) is 3.24. The molecule has 0 saturated carbocycles. The summed E-state index contributed by atoms with van der Waals surface area (Å²) >= 11 is 0. The molecule has 3 nitrogen and oxygen atoms in total. The summed E-state index contributed by atoms with van der Waals surface area (Å²) in [5.41, 5.74) is 6.12. The first-order valence-electron chi connectivity index (χ1n) is 4.23. The Morgan fingerprint density at radius 1 is 0.909 bits per heavy atom. The molecule has 0 bridgehead atoms. The molecule has 3 heteroatoms. The van der Waals surface area contributed by atoms with Crippen LogP contribution in [0.4, 0.5) is 0 Å². The number of rotatable bonds is 5. The lowest BCUT2D eigenvalue weighted by Gasteiger charge is -2.26. The van der Waals surface area contributed by atoms with Gasteiger partial charge in [-0.3, -0.25) is 10.9 Å². The first-order valence-corrected chi connectivity index (χ1v) is 4.23. The van der Waals surface area contributed by atoms with Crippen LogP contribution in [0.3, 0.4) is 0 Å². The summed E-state index contributed by atoms with van der Waals surface area (Å²) in [6.45, 7) is 6.60. The van der Waals surface area contributed by atoms with Crippen LogP contribution in [0.5, 0.6) is 0 Å². The quantitative estimate of drug-likeness (QED) is 0.506. The van der Waals surface area contributed by atoms with Gasteiger partial charge in [-0.2, -0.15) is 0 Å². The molecule has 3 N–H and O–H groups in total. The zero-order valence-electron chi connectivity index (χ0n) is 8.23. The lowest BCUT2D eigenvalue weighted by molar-refractivity contribution is 0.308. The van der Waals surface area contributed by atoms with E-state index in [1.165, 1.54) is 0 Å². The molecule has 0 aromatic rings. The van der Waals surface area contributed by atoms with Gasteiger partial charge >= 0.3 is 0 Å². The molecule has 0 aromatic carbocycles. The molecular weight excluding hydrogens is 138 g/mol. The summed E-state index contributed by atoms with van der Waals surface area (Å²) < 4.78 is 0. The van der Waals surface area contributed by atoms with Gasteiger partial charge in [0, 0.05) is 12.1 Å². The Balaban J connectivity index is 3.70. The Morgan fingerprint density at radius 2 is 1.45 bits per heavy atom. The van der Waals surface area contributed by atoms with Crippen LogP contribution in [-0.4, -0.2) is 26.2 Å². The molecule has 0 rings (SSSR count). The minimum absolute atomic E-state index is 0.488. The predicted octanol–water partition coefficient (Wildman–Crippen LogP) is 0.343. The van der Waals surface area contributed by atoms with Gasteiger partial charge in [-0.25, -0.2) is 0 Å². The van der Waals surface area contributed by atoms with E-state index in [4.69, 9.17) is 0 Å². The van der Waals surface area contributed by atoms with Crippen LogP contribution in [0.15, 0.2) is 0 Å². The highest BCUT2D eigenvalue weighted by Crippen LogP contribution is 2.06. The SMILES string of the molecule is CNNC(C)C(C)C(C)NC. The Labute approximate surface area is 69.9 Å². The zero-order chi connectivity index (χ0) is 8.85. The van der Waals surface area contributed by atoms with Crippen molar-refractivity contribution in [2.45, 2.75) is 32.9 Å². The van der Waals surface area contributed by atoms with Gasteiger partial charge in [0.15, 0.2) is 0 Å². The summed E-state index contributed by atoms with van der Waals surface area (Å²) in [7, 11) is 3.89. The van der Waals surface area contributed by atoms with Crippen LogP contribution < -0.4 is 16.2 Å². The first-order chi connectivity index (χ1) is 5.13. The third kappa shape index (κ3) is 3.70. The predicted molar refractivity (Wildman–Crippen MR) is 49.3 cm³/mol. The van der Waals surface area contributed by atoms with Gasteiger partial charge in [0.1, 0.15) is 0 Å². The van der Waals surface area contributed by atoms with Crippen LogP contribution in [0, 0.1) is 5.92 Å². The Morgan fingerprint density at radius 3 is 1.82 bits per heavy atom. The topological polar surface area (TPSA) is 36.1 Å². The summed E-state index contributed by atoms with van der Waals surface area (Å²) in [5.74, 6) is 0.618. The average Bonchev–Trinajstić information content (AvgIpc) is 2.02. The lowest BCUT2D eigenvalue weighted by Crippen LogP contribution is -2.46. The van der Waals surface area contributed by atoms with Gasteiger partial charge in [-0.15, -0.1) is 0 Å². The molecule has 0 saturated heterocycles. The van der Waals surface area contributed by atoms with Crippen LogP contribution in [0.1, 0.15) is 20.8 Å². The van der Waals surface area contributed by atoms with Gasteiger partial charge in [0.2, 0.25) is 0 Å². The van der Waals surface area contributed by atoms with E-state index in [1.807, 2.05) is 14.1 Å². The second-order valence-electron chi connectivity index (χ2n) is 3.12. The van der Waals surface area contributed by atoms with E-state index in [0.29, 0.717) is 18.0 Å². The molecule has 0 aliphatic heterocycles. The van der Waals surface area contributed by atoms with Crippen molar-refractivity contribution in [2.24, 2.45) is 5.92 Å². The third-order valence-corrected chi connectivity index (χ3v) is 2.40. The van der Waals surface area contributed by atoms with Crippen molar-refractivity contribution in [3.8, 4) is 0 Å². The minimum Gasteiger partial charge on any atom is -0.317 e. The Kier molecular flexibility index (Phi) is 5.46. The van der Waals surface area contributed by atoms with E-state index >= 15 is 0 Å². The maximum Gasteiger partial charge on any atom is 0.0224 e. The van der Waals surface area contributed by atoms with Gasteiger partial charge < -0.3 is 5.32 Å². The van der Waals surface area contributed by atoms with Crippen molar-refractivity contribution in [2.75, 3.05) is 14.1 Å². The average molecular weight is 159 g/mol. The van der Waals surface area contributed by atoms with E-state index in [-0.39, 0.29) is 0 Å². The fraction of sp³-hybridized carbons (Fsp3) is 1.00. The molecule has 68 valence electrons. The summed E-state index contributed by atoms with van der Waals surface area (Å²) in [4.78, 5) is 0. The van der Waals surface area contributed by atoms with Gasteiger partial charge in [0.05, 0.1) is 0 Å². The molecule has 0 spiro atoms. The molecule has 0 aliphatic rings. The van der Waals surface area contributed by atoms with Crippen molar-refractivity contribution in [3.63, 3.8) is 0 Å². The summed E-state index contributed by atoms with van der Waals surface area (Å²) in [6.07, 6.45) is 0. The van der Waals surface area contributed by atoms with Crippen molar-refractivity contribution in [1.82, 2.24) is 16.2 Å². The van der Waals surface area contributed by atoms with E-state index < -0.39 is 0 Å². The van der Waals surface area contributed by atoms with E-state index in [0.717, 1.165) is 0 Å². The lowest BCUT2D eigenvalue weighted by atomic mass is 9.97. The molecule has 0 fully saturated rings. The molecule has 3 atom stereocenters. The van der Waals surface area contributed by atoms with Crippen LogP contribution in [-0.2, 0) is 0 Å². The highest BCUT2D eigenvalue weighted by molar-refractivity contribution is 4.74. The van der Waals surface area contributed by atoms with Gasteiger partial charge in [0.25, 0.3) is 0 Å². The Bertz CT molecular complexity index is 95.3. The summed E-state index contributed by atoms with van der Waals surface area (Å²) in [6, 6.07) is 1.04. The Hall–Kier alpha value is -0.120. The first kappa shape index (κ1) is 10.9. The molecule has 11 heavy (non-hydrogen) atoms. The fourth-order valence-electron chi connectivity index (χ4n) is 1.06. The maximum atomic E-state index is 3.24. The van der Waals surface area contributed by atoms with Gasteiger partial charge in [-0.1, -0.05) is 6.92 Å². The highest BCUT2D eigenvalue weighted by atomic mass is 15.3. The molecule has 0 amide bonds. The van der Waals surface area contributed by atoms with E-state index in [9.17, 15) is 0 Å². The normalized spacial score (nSPS) is 19.4. The number of hydrogen-bond donors (Lipinski definition) is 3. The van der Waals surface area contributed by atoms with E-state index in [2.05, 4.69) is 36.9 Å². The number of hydrogen-bond acceptors (Lipinski definition) is 3. The van der Waals surface area contributed by atoms with Crippen molar-refractivity contribution >= 4 is 0 Å². The second-order valence-corrected chi connectivity index (χ2v) is 3.12. The van der Waals surface area contributed by atoms with Crippen molar-refractivity contribution in [3.05, 3.63) is 0 Å². The van der Waals surface area contributed by atoms with Crippen molar-refractivity contribution < 1.29 is 0 Å². The molecule has 0 aliphatic carbocycles. The monoisotopic (exact) mass is 159 g/mol. The smallest absolute Gasteiger partial charge is 0.0224 e. The highest BCUT2D eigenvalue weighted by Gasteiger charge is 2.16. The second kappa shape index (κ2) is 5.52. The van der Waals surface area contributed by atoms with Crippen LogP contribution >= 0.6 is 0 Å². The zero-order valence-corrected chi connectivity index (χ0v) is 8.23. The van der Waals surface area contributed by atoms with Crippen LogP contribution in [0.25, 0.3) is 0 Å². The van der Waals surface area contributed by atoms with E-state index in [1.54, 1.807) is 0 Å². The van der Waals surface area contributed by atoms with Gasteiger partial charge in [-0.05, 0) is 33.9 Å². The molecule has 3 unspecified atom stereocenters. The minimum atomic E-state index is 0.488. The number of hydrazine groups is 1. The van der Waals surface area contributed by atoms with Crippen molar-refractivity contribution in [1.29, 1.82) is 0 Å². The molecular formula is C8H21N3. The molecule has 0 radical (unpaired) electrons. The third-order valence-electron chi connectivity index (χ3n) is 2.40. The molecule has 0 aromatic heterocycles. The standard InChI is InChI=1S/C8H21N3/c1-6(7(2)9-4)8(3)11-10-5/h6-11H,1-5H3. The molecule has 0 heterocycles.